The fourth-order valence-electron chi connectivity index (χ4n) is 3.81. The lowest BCUT2D eigenvalue weighted by Crippen LogP contribution is -2.39. The van der Waals surface area contributed by atoms with Gasteiger partial charge in [0.15, 0.2) is 0 Å². The number of benzene rings is 1. The van der Waals surface area contributed by atoms with Gasteiger partial charge in [-0.15, -0.1) is 0 Å². The molecule has 0 bridgehead atoms. The predicted octanol–water partition coefficient (Wildman–Crippen LogP) is 2.32. The number of carbonyl (C=O) groups is 1. The number of hydrogen-bond donors (Lipinski definition) is 0. The molecule has 0 spiro atoms. The molecule has 6 heteroatoms. The van der Waals surface area contributed by atoms with Gasteiger partial charge in [-0.25, -0.2) is 9.07 Å². The van der Waals surface area contributed by atoms with Crippen molar-refractivity contribution >= 4 is 5.91 Å². The molecule has 24 heavy (non-hydrogen) atoms. The van der Waals surface area contributed by atoms with E-state index >= 15 is 0 Å². The molecule has 2 aliphatic rings. The minimum atomic E-state index is -0.429. The maximum Gasteiger partial charge on any atom is 0.254 e. The summed E-state index contributed by atoms with van der Waals surface area (Å²) < 4.78 is 15.9. The molecule has 2 aromatic rings. The molecule has 126 valence electrons. The third-order valence-corrected chi connectivity index (χ3v) is 5.04. The predicted molar refractivity (Wildman–Crippen MR) is 88.6 cm³/mol. The maximum absolute atomic E-state index is 14.4. The molecule has 2 aliphatic heterocycles. The van der Waals surface area contributed by atoms with Crippen LogP contribution < -0.4 is 0 Å². The van der Waals surface area contributed by atoms with E-state index in [2.05, 4.69) is 10.00 Å². The van der Waals surface area contributed by atoms with Crippen LogP contribution in [0, 0.1) is 5.82 Å². The summed E-state index contributed by atoms with van der Waals surface area (Å²) in [5.74, 6) is -0.503. The highest BCUT2D eigenvalue weighted by molar-refractivity contribution is 5.94. The summed E-state index contributed by atoms with van der Waals surface area (Å²) in [7, 11) is 0. The summed E-state index contributed by atoms with van der Waals surface area (Å²) >= 11 is 0. The summed E-state index contributed by atoms with van der Waals surface area (Å²) in [5, 5.41) is 4.04. The zero-order chi connectivity index (χ0) is 16.5. The van der Waals surface area contributed by atoms with Crippen LogP contribution in [-0.2, 0) is 0 Å². The molecule has 1 aromatic carbocycles. The van der Waals surface area contributed by atoms with Crippen LogP contribution in [-0.4, -0.2) is 57.7 Å². The smallest absolute Gasteiger partial charge is 0.254 e. The Morgan fingerprint density at radius 1 is 1.21 bits per heavy atom. The molecule has 3 heterocycles. The van der Waals surface area contributed by atoms with Gasteiger partial charge in [0, 0.05) is 43.6 Å². The topological polar surface area (TPSA) is 41.4 Å². The minimum Gasteiger partial charge on any atom is -0.337 e. The van der Waals surface area contributed by atoms with Crippen LogP contribution in [0.1, 0.15) is 29.6 Å². The second kappa shape index (κ2) is 6.36. The molecule has 1 atom stereocenters. The van der Waals surface area contributed by atoms with E-state index in [4.69, 9.17) is 0 Å². The quantitative estimate of drug-likeness (QED) is 0.849. The third-order valence-electron chi connectivity index (χ3n) is 5.04. The van der Waals surface area contributed by atoms with Crippen LogP contribution >= 0.6 is 0 Å². The third kappa shape index (κ3) is 2.82. The van der Waals surface area contributed by atoms with Crippen LogP contribution in [0.4, 0.5) is 4.39 Å². The second-order valence-electron chi connectivity index (χ2n) is 6.55. The average Bonchev–Trinajstić information content (AvgIpc) is 3.22. The van der Waals surface area contributed by atoms with E-state index < -0.39 is 5.82 Å². The lowest BCUT2D eigenvalue weighted by atomic mass is 10.1. The Hall–Kier alpha value is -2.21. The minimum absolute atomic E-state index is 0.0744. The summed E-state index contributed by atoms with van der Waals surface area (Å²) in [6.07, 6.45) is 6.62. The monoisotopic (exact) mass is 328 g/mol. The molecule has 1 amide bonds. The highest BCUT2D eigenvalue weighted by Gasteiger charge is 2.31. The Morgan fingerprint density at radius 3 is 2.88 bits per heavy atom. The van der Waals surface area contributed by atoms with Crippen molar-refractivity contribution in [3.63, 3.8) is 0 Å². The molecular formula is C18H21FN4O. The van der Waals surface area contributed by atoms with Gasteiger partial charge in [0.1, 0.15) is 11.5 Å². The van der Waals surface area contributed by atoms with E-state index in [1.165, 1.54) is 17.2 Å². The standard InChI is InChI=1S/C18H21FN4O/c19-16-12-14(5-6-17(16)23-11-2-7-20-23)18(24)22-10-3-9-21-8-1-4-15(21)13-22/h2,5-7,11-12,15H,1,3-4,8-10,13H2/t15-/m1/s1. The van der Waals surface area contributed by atoms with E-state index in [1.54, 1.807) is 30.6 Å². The van der Waals surface area contributed by atoms with Crippen molar-refractivity contribution in [2.75, 3.05) is 26.2 Å². The number of nitrogens with zero attached hydrogens (tertiary/aromatic N) is 4. The Kier molecular flexibility index (Phi) is 4.06. The largest absolute Gasteiger partial charge is 0.337 e. The highest BCUT2D eigenvalue weighted by atomic mass is 19.1. The van der Waals surface area contributed by atoms with Crippen molar-refractivity contribution in [1.29, 1.82) is 0 Å². The molecule has 0 aliphatic carbocycles. The second-order valence-corrected chi connectivity index (χ2v) is 6.55. The fourth-order valence-corrected chi connectivity index (χ4v) is 3.81. The fraction of sp³-hybridized carbons (Fsp3) is 0.444. The van der Waals surface area contributed by atoms with Gasteiger partial charge < -0.3 is 4.90 Å². The average molecular weight is 328 g/mol. The van der Waals surface area contributed by atoms with Gasteiger partial charge in [0.25, 0.3) is 5.91 Å². The van der Waals surface area contributed by atoms with E-state index in [0.717, 1.165) is 39.0 Å². The molecule has 2 saturated heterocycles. The zero-order valence-electron chi connectivity index (χ0n) is 13.6. The van der Waals surface area contributed by atoms with E-state index in [9.17, 15) is 9.18 Å². The van der Waals surface area contributed by atoms with Gasteiger partial charge in [-0.3, -0.25) is 9.69 Å². The molecule has 0 unspecified atom stereocenters. The zero-order valence-corrected chi connectivity index (χ0v) is 13.6. The Morgan fingerprint density at radius 2 is 2.08 bits per heavy atom. The first-order valence-electron chi connectivity index (χ1n) is 8.55. The number of hydrogen-bond acceptors (Lipinski definition) is 3. The lowest BCUT2D eigenvalue weighted by Gasteiger charge is -2.25. The summed E-state index contributed by atoms with van der Waals surface area (Å²) in [4.78, 5) is 17.2. The van der Waals surface area contributed by atoms with E-state index in [1.807, 2.05) is 4.90 Å². The Balaban J connectivity index is 1.54. The molecule has 4 rings (SSSR count). The van der Waals surface area contributed by atoms with Crippen molar-refractivity contribution in [3.8, 4) is 5.69 Å². The summed E-state index contributed by atoms with van der Waals surface area (Å²) in [6.45, 7) is 3.69. The first-order chi connectivity index (χ1) is 11.7. The van der Waals surface area contributed by atoms with Crippen LogP contribution in [0.2, 0.25) is 0 Å². The Labute approximate surface area is 140 Å². The first kappa shape index (κ1) is 15.3. The van der Waals surface area contributed by atoms with Gasteiger partial charge in [-0.2, -0.15) is 5.10 Å². The lowest BCUT2D eigenvalue weighted by molar-refractivity contribution is 0.0743. The maximum atomic E-state index is 14.4. The molecule has 5 nitrogen and oxygen atoms in total. The molecule has 0 radical (unpaired) electrons. The number of aromatic nitrogens is 2. The number of halogens is 1. The molecule has 0 N–H and O–H groups in total. The van der Waals surface area contributed by atoms with E-state index in [0.29, 0.717) is 17.3 Å². The molecule has 1 aromatic heterocycles. The van der Waals surface area contributed by atoms with Crippen molar-refractivity contribution in [2.45, 2.75) is 25.3 Å². The summed E-state index contributed by atoms with van der Waals surface area (Å²) in [6, 6.07) is 6.85. The number of carbonyl (C=O) groups excluding carboxylic acids is 1. The van der Waals surface area contributed by atoms with Crippen LogP contribution in [0.5, 0.6) is 0 Å². The van der Waals surface area contributed by atoms with Gasteiger partial charge in [-0.05, 0) is 50.1 Å². The highest BCUT2D eigenvalue weighted by Crippen LogP contribution is 2.23. The SMILES string of the molecule is O=C(c1ccc(-n2cccn2)c(F)c1)N1CCCN2CCC[C@@H]2C1. The van der Waals surface area contributed by atoms with Gasteiger partial charge >= 0.3 is 0 Å². The summed E-state index contributed by atoms with van der Waals surface area (Å²) in [5.41, 5.74) is 0.768. The number of amides is 1. The van der Waals surface area contributed by atoms with Gasteiger partial charge in [0.05, 0.1) is 0 Å². The molecule has 2 fully saturated rings. The van der Waals surface area contributed by atoms with Gasteiger partial charge in [-0.1, -0.05) is 0 Å². The van der Waals surface area contributed by atoms with Crippen LogP contribution in [0.15, 0.2) is 36.7 Å². The van der Waals surface area contributed by atoms with Gasteiger partial charge in [0.2, 0.25) is 0 Å². The number of rotatable bonds is 2. The van der Waals surface area contributed by atoms with E-state index in [-0.39, 0.29) is 5.91 Å². The molecule has 0 saturated carbocycles. The Bertz CT molecular complexity index is 731. The first-order valence-corrected chi connectivity index (χ1v) is 8.55. The van der Waals surface area contributed by atoms with Crippen LogP contribution in [0.25, 0.3) is 5.69 Å². The number of fused-ring (bicyclic) bond motifs is 1. The van der Waals surface area contributed by atoms with Crippen molar-refractivity contribution in [1.82, 2.24) is 19.6 Å². The van der Waals surface area contributed by atoms with Crippen molar-refractivity contribution in [3.05, 3.63) is 48.0 Å². The van der Waals surface area contributed by atoms with Crippen molar-refractivity contribution < 1.29 is 9.18 Å². The van der Waals surface area contributed by atoms with Crippen LogP contribution in [0.3, 0.4) is 0 Å². The molecular weight excluding hydrogens is 307 g/mol. The normalized spacial score (nSPS) is 21.5. The van der Waals surface area contributed by atoms with Crippen molar-refractivity contribution in [2.24, 2.45) is 0 Å².